The predicted molar refractivity (Wildman–Crippen MR) is 80.2 cm³/mol. The molecule has 0 bridgehead atoms. The Hall–Kier alpha value is -2.04. The Labute approximate surface area is 125 Å². The van der Waals surface area contributed by atoms with E-state index in [1.54, 1.807) is 36.0 Å². The molecule has 2 amide bonds. The van der Waals surface area contributed by atoms with Gasteiger partial charge in [0.15, 0.2) is 0 Å². The number of amides is 2. The minimum absolute atomic E-state index is 0.00772. The van der Waals surface area contributed by atoms with Gasteiger partial charge in [-0.2, -0.15) is 0 Å². The first-order valence-electron chi connectivity index (χ1n) is 7.20. The third-order valence-electron chi connectivity index (χ3n) is 3.88. The summed E-state index contributed by atoms with van der Waals surface area (Å²) in [4.78, 5) is 27.9. The average Bonchev–Trinajstić information content (AvgIpc) is 2.48. The number of aromatic hydroxyl groups is 1. The molecule has 114 valence electrons. The molecule has 0 aromatic heterocycles. The molecule has 2 rings (SSSR count). The van der Waals surface area contributed by atoms with E-state index in [0.717, 1.165) is 18.4 Å². The van der Waals surface area contributed by atoms with E-state index in [0.29, 0.717) is 18.7 Å². The molecular formula is C16H22N2O3. The number of hydrogen-bond donors (Lipinski definition) is 1. The molecule has 0 spiro atoms. The highest BCUT2D eigenvalue weighted by molar-refractivity contribution is 5.97. The van der Waals surface area contributed by atoms with Crippen molar-refractivity contribution in [3.63, 3.8) is 0 Å². The molecule has 1 aromatic rings. The van der Waals surface area contributed by atoms with Crippen LogP contribution in [0.15, 0.2) is 18.2 Å². The Bertz CT molecular complexity index is 554. The van der Waals surface area contributed by atoms with Gasteiger partial charge >= 0.3 is 0 Å². The van der Waals surface area contributed by atoms with E-state index >= 15 is 0 Å². The molecule has 1 atom stereocenters. The lowest BCUT2D eigenvalue weighted by atomic mass is 9.96. The van der Waals surface area contributed by atoms with Crippen molar-refractivity contribution in [2.75, 3.05) is 27.2 Å². The van der Waals surface area contributed by atoms with E-state index in [2.05, 4.69) is 0 Å². The van der Waals surface area contributed by atoms with Crippen LogP contribution in [0.4, 0.5) is 0 Å². The standard InChI is InChI=1S/C16H22N2O3/c1-11-6-7-14(19)13(9-11)16(21)18-8-4-5-12(10-18)15(20)17(2)3/h6-7,9,12,19H,4-5,8,10H2,1-3H3. The zero-order chi connectivity index (χ0) is 15.6. The quantitative estimate of drug-likeness (QED) is 0.900. The lowest BCUT2D eigenvalue weighted by Gasteiger charge is -2.33. The van der Waals surface area contributed by atoms with E-state index < -0.39 is 0 Å². The van der Waals surface area contributed by atoms with Gasteiger partial charge in [-0.25, -0.2) is 0 Å². The Kier molecular flexibility index (Phi) is 4.50. The van der Waals surface area contributed by atoms with Gasteiger partial charge in [0.2, 0.25) is 5.91 Å². The Balaban J connectivity index is 2.16. The van der Waals surface area contributed by atoms with Crippen LogP contribution in [0.3, 0.4) is 0 Å². The SMILES string of the molecule is Cc1ccc(O)c(C(=O)N2CCCC(C(=O)N(C)C)C2)c1. The van der Waals surface area contributed by atoms with Gasteiger partial charge in [0.1, 0.15) is 5.75 Å². The first kappa shape index (κ1) is 15.4. The van der Waals surface area contributed by atoms with Crippen LogP contribution >= 0.6 is 0 Å². The topological polar surface area (TPSA) is 60.9 Å². The summed E-state index contributed by atoms with van der Waals surface area (Å²) in [6, 6.07) is 4.99. The number of phenolic OH excluding ortho intramolecular Hbond substituents is 1. The summed E-state index contributed by atoms with van der Waals surface area (Å²) in [5.74, 6) is -0.301. The number of likely N-dealkylation sites (tertiary alicyclic amines) is 1. The van der Waals surface area contributed by atoms with Gasteiger partial charge in [-0.05, 0) is 31.9 Å². The second-order valence-corrected chi connectivity index (χ2v) is 5.84. The van der Waals surface area contributed by atoms with Gasteiger partial charge in [-0.1, -0.05) is 11.6 Å². The van der Waals surface area contributed by atoms with Crippen molar-refractivity contribution in [1.29, 1.82) is 0 Å². The minimum Gasteiger partial charge on any atom is -0.507 e. The molecule has 1 N–H and O–H groups in total. The summed E-state index contributed by atoms with van der Waals surface area (Å²) in [5, 5.41) is 9.88. The predicted octanol–water partition coefficient (Wildman–Crippen LogP) is 1.64. The van der Waals surface area contributed by atoms with Gasteiger partial charge in [-0.15, -0.1) is 0 Å². The molecule has 5 nitrogen and oxygen atoms in total. The zero-order valence-electron chi connectivity index (χ0n) is 12.8. The van der Waals surface area contributed by atoms with Crippen molar-refractivity contribution in [2.24, 2.45) is 5.92 Å². The lowest BCUT2D eigenvalue weighted by Crippen LogP contribution is -2.45. The molecule has 0 aliphatic carbocycles. The summed E-state index contributed by atoms with van der Waals surface area (Å²) >= 11 is 0. The third-order valence-corrected chi connectivity index (χ3v) is 3.88. The molecule has 1 aliphatic rings. The third kappa shape index (κ3) is 3.35. The highest BCUT2D eigenvalue weighted by atomic mass is 16.3. The van der Waals surface area contributed by atoms with Crippen molar-refractivity contribution < 1.29 is 14.7 Å². The maximum atomic E-state index is 12.6. The molecule has 1 fully saturated rings. The van der Waals surface area contributed by atoms with E-state index in [4.69, 9.17) is 0 Å². The van der Waals surface area contributed by atoms with Crippen LogP contribution in [0.25, 0.3) is 0 Å². The van der Waals surface area contributed by atoms with Gasteiger partial charge in [0.05, 0.1) is 11.5 Å². The summed E-state index contributed by atoms with van der Waals surface area (Å²) in [6.45, 7) is 2.93. The minimum atomic E-state index is -0.201. The number of nitrogens with zero attached hydrogens (tertiary/aromatic N) is 2. The summed E-state index contributed by atoms with van der Waals surface area (Å²) in [7, 11) is 3.46. The fraction of sp³-hybridized carbons (Fsp3) is 0.500. The Morgan fingerprint density at radius 2 is 2.05 bits per heavy atom. The molecule has 1 aromatic carbocycles. The number of phenols is 1. The van der Waals surface area contributed by atoms with Gasteiger partial charge in [0.25, 0.3) is 5.91 Å². The Morgan fingerprint density at radius 1 is 1.33 bits per heavy atom. The average molecular weight is 290 g/mol. The molecule has 0 radical (unpaired) electrons. The van der Waals surface area contributed by atoms with E-state index in [-0.39, 0.29) is 23.5 Å². The molecule has 1 aliphatic heterocycles. The number of carbonyl (C=O) groups excluding carboxylic acids is 2. The van der Waals surface area contributed by atoms with E-state index in [1.165, 1.54) is 6.07 Å². The van der Waals surface area contributed by atoms with Crippen LogP contribution in [0.5, 0.6) is 5.75 Å². The van der Waals surface area contributed by atoms with E-state index in [9.17, 15) is 14.7 Å². The number of benzene rings is 1. The molecule has 1 saturated heterocycles. The summed E-state index contributed by atoms with van der Waals surface area (Å²) < 4.78 is 0. The van der Waals surface area contributed by atoms with Crippen LogP contribution < -0.4 is 0 Å². The Morgan fingerprint density at radius 3 is 2.71 bits per heavy atom. The number of carbonyl (C=O) groups is 2. The molecule has 5 heteroatoms. The highest BCUT2D eigenvalue weighted by Crippen LogP contribution is 2.24. The fourth-order valence-corrected chi connectivity index (χ4v) is 2.72. The fourth-order valence-electron chi connectivity index (χ4n) is 2.72. The zero-order valence-corrected chi connectivity index (χ0v) is 12.8. The van der Waals surface area contributed by atoms with Gasteiger partial charge < -0.3 is 14.9 Å². The largest absolute Gasteiger partial charge is 0.507 e. The highest BCUT2D eigenvalue weighted by Gasteiger charge is 2.30. The number of hydrogen-bond acceptors (Lipinski definition) is 3. The van der Waals surface area contributed by atoms with E-state index in [1.807, 2.05) is 6.92 Å². The van der Waals surface area contributed by atoms with Crippen molar-refractivity contribution >= 4 is 11.8 Å². The smallest absolute Gasteiger partial charge is 0.257 e. The first-order chi connectivity index (χ1) is 9.90. The maximum Gasteiger partial charge on any atom is 0.257 e. The van der Waals surface area contributed by atoms with Crippen LogP contribution in [0, 0.1) is 12.8 Å². The monoisotopic (exact) mass is 290 g/mol. The van der Waals surface area contributed by atoms with Crippen molar-refractivity contribution in [3.05, 3.63) is 29.3 Å². The molecule has 21 heavy (non-hydrogen) atoms. The van der Waals surface area contributed by atoms with Crippen LogP contribution in [-0.4, -0.2) is 53.9 Å². The first-order valence-corrected chi connectivity index (χ1v) is 7.20. The second kappa shape index (κ2) is 6.16. The van der Waals surface area contributed by atoms with Crippen molar-refractivity contribution in [1.82, 2.24) is 9.80 Å². The second-order valence-electron chi connectivity index (χ2n) is 5.84. The number of piperidine rings is 1. The maximum absolute atomic E-state index is 12.6. The van der Waals surface area contributed by atoms with Crippen LogP contribution in [-0.2, 0) is 4.79 Å². The van der Waals surface area contributed by atoms with Gasteiger partial charge in [-0.3, -0.25) is 9.59 Å². The summed E-state index contributed by atoms with van der Waals surface area (Å²) in [5.41, 5.74) is 1.24. The van der Waals surface area contributed by atoms with Crippen LogP contribution in [0.1, 0.15) is 28.8 Å². The molecule has 0 saturated carbocycles. The molecule has 1 unspecified atom stereocenters. The number of aryl methyl sites for hydroxylation is 1. The number of rotatable bonds is 2. The lowest BCUT2D eigenvalue weighted by molar-refractivity contribution is -0.134. The normalized spacial score (nSPS) is 18.4. The van der Waals surface area contributed by atoms with Crippen molar-refractivity contribution in [3.8, 4) is 5.75 Å². The summed E-state index contributed by atoms with van der Waals surface area (Å²) in [6.07, 6.45) is 1.61. The molecule has 1 heterocycles. The molecular weight excluding hydrogens is 268 g/mol. The van der Waals surface area contributed by atoms with Gasteiger partial charge in [0, 0.05) is 27.2 Å². The van der Waals surface area contributed by atoms with Crippen molar-refractivity contribution in [2.45, 2.75) is 19.8 Å². The van der Waals surface area contributed by atoms with Crippen LogP contribution in [0.2, 0.25) is 0 Å².